The Hall–Kier alpha value is -2.57. The second kappa shape index (κ2) is 6.68. The van der Waals surface area contributed by atoms with Gasteiger partial charge in [-0.1, -0.05) is 6.07 Å². The molecule has 1 saturated heterocycles. The van der Waals surface area contributed by atoms with Crippen molar-refractivity contribution in [2.24, 2.45) is 0 Å². The van der Waals surface area contributed by atoms with Crippen LogP contribution in [0.25, 0.3) is 0 Å². The average Bonchev–Trinajstić information content (AvgIpc) is 2.56. The monoisotopic (exact) mass is 319 g/mol. The largest absolute Gasteiger partial charge is 0.471 e. The first-order valence-electron chi connectivity index (χ1n) is 7.31. The van der Waals surface area contributed by atoms with Gasteiger partial charge in [0.2, 0.25) is 5.88 Å². The summed E-state index contributed by atoms with van der Waals surface area (Å²) in [5, 5.41) is 0. The second-order valence-electron chi connectivity index (χ2n) is 5.27. The molecule has 1 amide bonds. The lowest BCUT2D eigenvalue weighted by molar-refractivity contribution is 0.0518. The molecule has 1 aromatic carbocycles. The first-order valence-corrected chi connectivity index (χ1v) is 7.31. The third-order valence-electron chi connectivity index (χ3n) is 3.67. The molecule has 1 aliphatic heterocycles. The quantitative estimate of drug-likeness (QED) is 0.872. The molecular weight excluding hydrogens is 304 g/mol. The van der Waals surface area contributed by atoms with Gasteiger partial charge in [0, 0.05) is 18.9 Å². The van der Waals surface area contributed by atoms with Crippen LogP contribution in [0, 0.1) is 11.6 Å². The van der Waals surface area contributed by atoms with Gasteiger partial charge in [-0.3, -0.25) is 9.78 Å². The van der Waals surface area contributed by atoms with Gasteiger partial charge in [-0.05, 0) is 25.0 Å². The number of aromatic nitrogens is 2. The second-order valence-corrected chi connectivity index (χ2v) is 5.27. The number of carbonyl (C=O) groups excluding carboxylic acids is 1. The highest BCUT2D eigenvalue weighted by molar-refractivity contribution is 5.94. The van der Waals surface area contributed by atoms with Crippen molar-refractivity contribution >= 4 is 5.91 Å². The molecule has 3 rings (SSSR count). The molecule has 7 heteroatoms. The Morgan fingerprint density at radius 3 is 2.74 bits per heavy atom. The van der Waals surface area contributed by atoms with Gasteiger partial charge in [-0.15, -0.1) is 0 Å². The Morgan fingerprint density at radius 2 is 2.04 bits per heavy atom. The van der Waals surface area contributed by atoms with E-state index in [-0.39, 0.29) is 12.6 Å². The van der Waals surface area contributed by atoms with Crippen molar-refractivity contribution in [1.82, 2.24) is 14.9 Å². The molecule has 0 radical (unpaired) electrons. The van der Waals surface area contributed by atoms with E-state index in [9.17, 15) is 13.6 Å². The van der Waals surface area contributed by atoms with Crippen molar-refractivity contribution < 1.29 is 18.3 Å². The summed E-state index contributed by atoms with van der Waals surface area (Å²) >= 11 is 0. The summed E-state index contributed by atoms with van der Waals surface area (Å²) in [6.45, 7) is 0.691. The zero-order valence-corrected chi connectivity index (χ0v) is 12.3. The minimum atomic E-state index is -0.855. The molecule has 0 N–H and O–H groups in total. The molecule has 0 bridgehead atoms. The van der Waals surface area contributed by atoms with Gasteiger partial charge in [0.25, 0.3) is 5.91 Å². The number of ether oxygens (including phenoxy) is 1. The third kappa shape index (κ3) is 3.44. The van der Waals surface area contributed by atoms with Gasteiger partial charge in [0.05, 0.1) is 12.7 Å². The molecule has 1 aromatic heterocycles. The molecular formula is C16H15F2N3O2. The molecule has 1 unspecified atom stereocenters. The van der Waals surface area contributed by atoms with Crippen molar-refractivity contribution in [3.05, 3.63) is 54.0 Å². The fourth-order valence-corrected chi connectivity index (χ4v) is 2.60. The summed E-state index contributed by atoms with van der Waals surface area (Å²) in [6, 6.07) is 3.39. The van der Waals surface area contributed by atoms with Gasteiger partial charge in [0.1, 0.15) is 23.3 Å². The van der Waals surface area contributed by atoms with E-state index in [0.717, 1.165) is 18.6 Å². The zero-order chi connectivity index (χ0) is 16.2. The van der Waals surface area contributed by atoms with Crippen molar-refractivity contribution in [2.45, 2.75) is 18.9 Å². The minimum Gasteiger partial charge on any atom is -0.471 e. The Kier molecular flexibility index (Phi) is 4.45. The first-order chi connectivity index (χ1) is 11.1. The first kappa shape index (κ1) is 15.3. The SMILES string of the molecule is O=C(c1c(F)cccc1F)N1CCCC(Oc2cnccn2)C1. The molecule has 2 heterocycles. The molecule has 0 spiro atoms. The van der Waals surface area contributed by atoms with E-state index >= 15 is 0 Å². The lowest BCUT2D eigenvalue weighted by Gasteiger charge is -2.32. The van der Waals surface area contributed by atoms with Crippen molar-refractivity contribution in [3.8, 4) is 5.88 Å². The fourth-order valence-electron chi connectivity index (χ4n) is 2.60. The zero-order valence-electron chi connectivity index (χ0n) is 12.3. The van der Waals surface area contributed by atoms with E-state index in [0.29, 0.717) is 18.8 Å². The molecule has 1 aliphatic rings. The number of amides is 1. The lowest BCUT2D eigenvalue weighted by atomic mass is 10.1. The number of hydrogen-bond acceptors (Lipinski definition) is 4. The van der Waals surface area contributed by atoms with E-state index in [4.69, 9.17) is 4.74 Å². The number of halogens is 2. The van der Waals surface area contributed by atoms with Gasteiger partial charge < -0.3 is 9.64 Å². The van der Waals surface area contributed by atoms with Crippen LogP contribution in [0.4, 0.5) is 8.78 Å². The summed E-state index contributed by atoms with van der Waals surface area (Å²) in [4.78, 5) is 21.7. The van der Waals surface area contributed by atoms with Crippen LogP contribution < -0.4 is 4.74 Å². The Morgan fingerprint density at radius 1 is 1.26 bits per heavy atom. The van der Waals surface area contributed by atoms with Crippen LogP contribution in [-0.4, -0.2) is 40.0 Å². The van der Waals surface area contributed by atoms with Crippen LogP contribution in [0.1, 0.15) is 23.2 Å². The van der Waals surface area contributed by atoms with Gasteiger partial charge in [-0.2, -0.15) is 0 Å². The highest BCUT2D eigenvalue weighted by atomic mass is 19.1. The van der Waals surface area contributed by atoms with E-state index in [1.165, 1.54) is 29.6 Å². The third-order valence-corrected chi connectivity index (χ3v) is 3.67. The summed E-state index contributed by atoms with van der Waals surface area (Å²) in [5.41, 5.74) is -0.521. The molecule has 23 heavy (non-hydrogen) atoms. The number of nitrogens with zero attached hydrogens (tertiary/aromatic N) is 3. The van der Waals surface area contributed by atoms with E-state index in [1.54, 1.807) is 0 Å². The van der Waals surface area contributed by atoms with Crippen LogP contribution in [0.5, 0.6) is 5.88 Å². The Bertz CT molecular complexity index is 677. The standard InChI is InChI=1S/C16H15F2N3O2/c17-12-4-1-5-13(18)15(12)16(22)21-8-2-3-11(10-21)23-14-9-19-6-7-20-14/h1,4-7,9,11H,2-3,8,10H2. The summed E-state index contributed by atoms with van der Waals surface area (Å²) < 4.78 is 33.2. The molecule has 1 atom stereocenters. The number of piperidine rings is 1. The van der Waals surface area contributed by atoms with Crippen LogP contribution in [-0.2, 0) is 0 Å². The average molecular weight is 319 g/mol. The summed E-state index contributed by atoms with van der Waals surface area (Å²) in [5.74, 6) is -2.00. The number of rotatable bonds is 3. The number of benzene rings is 1. The maximum atomic E-state index is 13.8. The number of hydrogen-bond donors (Lipinski definition) is 0. The van der Waals surface area contributed by atoms with Crippen molar-refractivity contribution in [3.63, 3.8) is 0 Å². The molecule has 0 saturated carbocycles. The molecule has 5 nitrogen and oxygen atoms in total. The highest BCUT2D eigenvalue weighted by Crippen LogP contribution is 2.20. The predicted molar refractivity (Wildman–Crippen MR) is 77.9 cm³/mol. The Labute approximate surface area is 131 Å². The minimum absolute atomic E-state index is 0.253. The van der Waals surface area contributed by atoms with Gasteiger partial charge in [-0.25, -0.2) is 13.8 Å². The lowest BCUT2D eigenvalue weighted by Crippen LogP contribution is -2.45. The smallest absolute Gasteiger partial charge is 0.259 e. The van der Waals surface area contributed by atoms with Crippen molar-refractivity contribution in [1.29, 1.82) is 0 Å². The van der Waals surface area contributed by atoms with E-state index in [1.807, 2.05) is 0 Å². The number of carbonyl (C=O) groups is 1. The normalized spacial score (nSPS) is 17.8. The van der Waals surface area contributed by atoms with E-state index < -0.39 is 23.1 Å². The number of likely N-dealkylation sites (tertiary alicyclic amines) is 1. The predicted octanol–water partition coefficient (Wildman–Crippen LogP) is 2.44. The van der Waals surface area contributed by atoms with Crippen LogP contribution in [0.15, 0.2) is 36.8 Å². The molecule has 0 aliphatic carbocycles. The maximum Gasteiger partial charge on any atom is 0.259 e. The van der Waals surface area contributed by atoms with Crippen molar-refractivity contribution in [2.75, 3.05) is 13.1 Å². The highest BCUT2D eigenvalue weighted by Gasteiger charge is 2.29. The van der Waals surface area contributed by atoms with E-state index in [2.05, 4.69) is 9.97 Å². The fraction of sp³-hybridized carbons (Fsp3) is 0.312. The van der Waals surface area contributed by atoms with Gasteiger partial charge >= 0.3 is 0 Å². The molecule has 120 valence electrons. The summed E-state index contributed by atoms with van der Waals surface area (Å²) in [6.07, 6.45) is 5.67. The Balaban J connectivity index is 1.72. The maximum absolute atomic E-state index is 13.8. The van der Waals surface area contributed by atoms with Crippen LogP contribution >= 0.6 is 0 Å². The topological polar surface area (TPSA) is 55.3 Å². The van der Waals surface area contributed by atoms with Crippen LogP contribution in [0.2, 0.25) is 0 Å². The van der Waals surface area contributed by atoms with Gasteiger partial charge in [0.15, 0.2) is 0 Å². The summed E-state index contributed by atoms with van der Waals surface area (Å²) in [7, 11) is 0. The molecule has 1 fully saturated rings. The van der Waals surface area contributed by atoms with Crippen LogP contribution in [0.3, 0.4) is 0 Å². The molecule has 2 aromatic rings.